The molecule has 3 rings (SSSR count). The van der Waals surface area contributed by atoms with Gasteiger partial charge in [0.25, 0.3) is 0 Å². The second kappa shape index (κ2) is 9.80. The summed E-state index contributed by atoms with van der Waals surface area (Å²) < 4.78 is 6.07. The zero-order valence-corrected chi connectivity index (χ0v) is 16.3. The topological polar surface area (TPSA) is 21.3 Å². The summed E-state index contributed by atoms with van der Waals surface area (Å²) in [4.78, 5) is 0. The van der Waals surface area contributed by atoms with Gasteiger partial charge in [0.05, 0.1) is 0 Å². The molecule has 0 unspecified atom stereocenters. The van der Waals surface area contributed by atoms with E-state index in [1.54, 1.807) is 5.57 Å². The maximum absolute atomic E-state index is 6.20. The van der Waals surface area contributed by atoms with Crippen molar-refractivity contribution >= 4 is 11.6 Å². The summed E-state index contributed by atoms with van der Waals surface area (Å²) >= 11 is 6.20. The van der Waals surface area contributed by atoms with Crippen LogP contribution in [0.25, 0.3) is 0 Å². The molecule has 3 heteroatoms. The zero-order valence-electron chi connectivity index (χ0n) is 15.6. The highest BCUT2D eigenvalue weighted by Gasteiger charge is 2.07. The van der Waals surface area contributed by atoms with Crippen LogP contribution in [0.2, 0.25) is 5.02 Å². The molecule has 138 valence electrons. The van der Waals surface area contributed by atoms with Gasteiger partial charge in [-0.05, 0) is 69.3 Å². The molecule has 2 aromatic rings. The maximum Gasteiger partial charge on any atom is 0.124 e. The minimum atomic E-state index is 0.573. The SMILES string of the molecule is Cc1cccc(COc2ccc(Cl)cc2CNCCC2=CCCCC2)c1. The van der Waals surface area contributed by atoms with E-state index in [0.717, 1.165) is 35.8 Å². The van der Waals surface area contributed by atoms with Crippen molar-refractivity contribution in [3.05, 3.63) is 75.8 Å². The van der Waals surface area contributed by atoms with Gasteiger partial charge in [0.1, 0.15) is 12.4 Å². The lowest BCUT2D eigenvalue weighted by Gasteiger charge is -2.15. The highest BCUT2D eigenvalue weighted by molar-refractivity contribution is 6.30. The minimum absolute atomic E-state index is 0.573. The summed E-state index contributed by atoms with van der Waals surface area (Å²) in [5.74, 6) is 0.903. The molecule has 0 aliphatic heterocycles. The Hall–Kier alpha value is -1.77. The molecule has 1 N–H and O–H groups in total. The lowest BCUT2D eigenvalue weighted by atomic mass is 9.97. The van der Waals surface area contributed by atoms with Crippen LogP contribution >= 0.6 is 11.6 Å². The fourth-order valence-electron chi connectivity index (χ4n) is 3.39. The van der Waals surface area contributed by atoms with E-state index in [0.29, 0.717) is 6.61 Å². The summed E-state index contributed by atoms with van der Waals surface area (Å²) in [6.45, 7) is 4.44. The second-order valence-corrected chi connectivity index (χ2v) is 7.50. The second-order valence-electron chi connectivity index (χ2n) is 7.06. The van der Waals surface area contributed by atoms with E-state index in [9.17, 15) is 0 Å². The number of rotatable bonds is 8. The van der Waals surface area contributed by atoms with Crippen LogP contribution in [0.5, 0.6) is 5.75 Å². The number of halogens is 1. The Morgan fingerprint density at radius 2 is 2.04 bits per heavy atom. The van der Waals surface area contributed by atoms with Gasteiger partial charge in [0.15, 0.2) is 0 Å². The fraction of sp³-hybridized carbons (Fsp3) is 0.391. The number of nitrogens with one attached hydrogen (secondary N) is 1. The van der Waals surface area contributed by atoms with Gasteiger partial charge in [-0.25, -0.2) is 0 Å². The summed E-state index contributed by atoms with van der Waals surface area (Å²) in [5, 5.41) is 4.29. The molecular weight excluding hydrogens is 342 g/mol. The van der Waals surface area contributed by atoms with Crippen LogP contribution in [0, 0.1) is 6.92 Å². The van der Waals surface area contributed by atoms with Crippen LogP contribution in [0.15, 0.2) is 54.1 Å². The molecule has 2 nitrogen and oxygen atoms in total. The van der Waals surface area contributed by atoms with Gasteiger partial charge in [-0.3, -0.25) is 0 Å². The fourth-order valence-corrected chi connectivity index (χ4v) is 3.59. The van der Waals surface area contributed by atoms with Crippen LogP contribution in [-0.2, 0) is 13.2 Å². The van der Waals surface area contributed by atoms with Crippen LogP contribution < -0.4 is 10.1 Å². The Bertz CT molecular complexity index is 754. The Morgan fingerprint density at radius 1 is 1.12 bits per heavy atom. The van der Waals surface area contributed by atoms with E-state index < -0.39 is 0 Å². The van der Waals surface area contributed by atoms with Crippen molar-refractivity contribution in [2.24, 2.45) is 0 Å². The number of aryl methyl sites for hydroxylation is 1. The first kappa shape index (κ1) is 19.0. The zero-order chi connectivity index (χ0) is 18.2. The van der Waals surface area contributed by atoms with Gasteiger partial charge in [-0.15, -0.1) is 0 Å². The van der Waals surface area contributed by atoms with Gasteiger partial charge >= 0.3 is 0 Å². The van der Waals surface area contributed by atoms with Crippen LogP contribution in [0.1, 0.15) is 48.8 Å². The molecule has 0 atom stereocenters. The smallest absolute Gasteiger partial charge is 0.124 e. The monoisotopic (exact) mass is 369 g/mol. The van der Waals surface area contributed by atoms with Gasteiger partial charge in [-0.2, -0.15) is 0 Å². The normalized spacial score (nSPS) is 14.2. The molecule has 0 spiro atoms. The molecule has 1 aliphatic carbocycles. The number of hydrogen-bond donors (Lipinski definition) is 1. The van der Waals surface area contributed by atoms with Gasteiger partial charge in [0, 0.05) is 17.1 Å². The van der Waals surface area contributed by atoms with E-state index in [1.165, 1.54) is 36.8 Å². The Morgan fingerprint density at radius 3 is 2.85 bits per heavy atom. The molecule has 2 aromatic carbocycles. The lowest BCUT2D eigenvalue weighted by Crippen LogP contribution is -2.16. The van der Waals surface area contributed by atoms with Crippen LogP contribution in [0.4, 0.5) is 0 Å². The van der Waals surface area contributed by atoms with Gasteiger partial charge in [0.2, 0.25) is 0 Å². The molecule has 0 heterocycles. The first-order valence-electron chi connectivity index (χ1n) is 9.56. The maximum atomic E-state index is 6.20. The molecule has 0 fully saturated rings. The molecule has 26 heavy (non-hydrogen) atoms. The molecule has 0 saturated carbocycles. The molecule has 0 amide bonds. The van der Waals surface area contributed by atoms with Gasteiger partial charge < -0.3 is 10.1 Å². The Balaban J connectivity index is 1.54. The summed E-state index contributed by atoms with van der Waals surface area (Å²) in [6, 6.07) is 14.3. The summed E-state index contributed by atoms with van der Waals surface area (Å²) in [5.41, 5.74) is 5.15. The molecular formula is C23H28ClNO. The van der Waals surface area contributed by atoms with Crippen LogP contribution in [-0.4, -0.2) is 6.54 Å². The van der Waals surface area contributed by atoms with Crippen molar-refractivity contribution in [3.8, 4) is 5.75 Å². The van der Waals surface area contributed by atoms with E-state index in [4.69, 9.17) is 16.3 Å². The van der Waals surface area contributed by atoms with E-state index in [-0.39, 0.29) is 0 Å². The van der Waals surface area contributed by atoms with Crippen molar-refractivity contribution in [2.75, 3.05) is 6.54 Å². The van der Waals surface area contributed by atoms with Crippen molar-refractivity contribution in [1.82, 2.24) is 5.32 Å². The average molecular weight is 370 g/mol. The third-order valence-corrected chi connectivity index (χ3v) is 5.06. The van der Waals surface area contributed by atoms with Gasteiger partial charge in [-0.1, -0.05) is 53.1 Å². The van der Waals surface area contributed by atoms with Crippen LogP contribution in [0.3, 0.4) is 0 Å². The molecule has 0 saturated heterocycles. The highest BCUT2D eigenvalue weighted by atomic mass is 35.5. The van der Waals surface area contributed by atoms with Crippen molar-refractivity contribution < 1.29 is 4.74 Å². The average Bonchev–Trinajstić information content (AvgIpc) is 2.65. The summed E-state index contributed by atoms with van der Waals surface area (Å²) in [7, 11) is 0. The van der Waals surface area contributed by atoms with Crippen molar-refractivity contribution in [2.45, 2.75) is 52.2 Å². The minimum Gasteiger partial charge on any atom is -0.489 e. The summed E-state index contributed by atoms with van der Waals surface area (Å²) in [6.07, 6.45) is 8.77. The largest absolute Gasteiger partial charge is 0.489 e. The lowest BCUT2D eigenvalue weighted by molar-refractivity contribution is 0.302. The standard InChI is InChI=1S/C23H28ClNO/c1-18-6-5-9-20(14-18)17-26-23-11-10-22(24)15-21(23)16-25-13-12-19-7-3-2-4-8-19/h5-7,9-11,14-15,25H,2-4,8,12-13,16-17H2,1H3. The van der Waals surface area contributed by atoms with Crippen molar-refractivity contribution in [1.29, 1.82) is 0 Å². The van der Waals surface area contributed by atoms with E-state index in [1.807, 2.05) is 18.2 Å². The quantitative estimate of drug-likeness (QED) is 0.441. The predicted molar refractivity (Wildman–Crippen MR) is 110 cm³/mol. The number of ether oxygens (including phenoxy) is 1. The molecule has 0 bridgehead atoms. The van der Waals surface area contributed by atoms with Crippen molar-refractivity contribution in [3.63, 3.8) is 0 Å². The Kier molecular flexibility index (Phi) is 7.16. The molecule has 1 aliphatic rings. The predicted octanol–water partition coefficient (Wildman–Crippen LogP) is 6.21. The molecule has 0 aromatic heterocycles. The Labute approximate surface area is 162 Å². The highest BCUT2D eigenvalue weighted by Crippen LogP contribution is 2.24. The third kappa shape index (κ3) is 5.89. The van der Waals surface area contributed by atoms with E-state index in [2.05, 4.69) is 42.6 Å². The number of allylic oxidation sites excluding steroid dienone is 1. The first-order valence-corrected chi connectivity index (χ1v) is 9.94. The first-order chi connectivity index (χ1) is 12.7. The number of benzene rings is 2. The third-order valence-electron chi connectivity index (χ3n) is 4.82. The number of hydrogen-bond acceptors (Lipinski definition) is 2. The van der Waals surface area contributed by atoms with E-state index >= 15 is 0 Å². The molecule has 0 radical (unpaired) electrons.